The van der Waals surface area contributed by atoms with Gasteiger partial charge in [-0.3, -0.25) is 0 Å². The molecule has 132 valence electrons. The molecule has 2 bridgehead atoms. The predicted octanol–water partition coefficient (Wildman–Crippen LogP) is 2.14. The number of fused-ring (bicyclic) bond motifs is 2. The molecule has 0 radical (unpaired) electrons. The van der Waals surface area contributed by atoms with Crippen LogP contribution in [0.5, 0.6) is 0 Å². The van der Waals surface area contributed by atoms with Crippen LogP contribution in [0.3, 0.4) is 0 Å². The predicted molar refractivity (Wildman–Crippen MR) is 87.3 cm³/mol. The van der Waals surface area contributed by atoms with E-state index in [1.807, 2.05) is 6.92 Å². The lowest BCUT2D eigenvalue weighted by Crippen LogP contribution is -2.63. The van der Waals surface area contributed by atoms with Crippen LogP contribution in [0.15, 0.2) is 23.8 Å². The number of ether oxygens (including phenoxy) is 3. The first-order valence-electron chi connectivity index (χ1n) is 8.84. The van der Waals surface area contributed by atoms with Gasteiger partial charge in [-0.15, -0.1) is 0 Å². The van der Waals surface area contributed by atoms with Gasteiger partial charge in [0.15, 0.2) is 0 Å². The van der Waals surface area contributed by atoms with Crippen molar-refractivity contribution in [3.05, 3.63) is 23.8 Å². The summed E-state index contributed by atoms with van der Waals surface area (Å²) in [6.45, 7) is 7.00. The average Bonchev–Trinajstić information content (AvgIpc) is 3.32. The third-order valence-corrected chi connectivity index (χ3v) is 7.17. The summed E-state index contributed by atoms with van der Waals surface area (Å²) < 4.78 is 18.2. The zero-order valence-corrected chi connectivity index (χ0v) is 14.6. The highest BCUT2D eigenvalue weighted by molar-refractivity contribution is 5.82. The van der Waals surface area contributed by atoms with Gasteiger partial charge in [-0.05, 0) is 25.3 Å². The number of rotatable bonds is 3. The standard InChI is InChI=1S/C19H26O5/c1-4-5-16(21)24-14-9-15-19(11-22-19)18(14,3)17(2)7-6-12(10-20)8-13(17)23-15/h4-5,8,13-15,20H,6-7,9-11H2,1-3H3. The van der Waals surface area contributed by atoms with E-state index in [-0.39, 0.29) is 47.3 Å². The minimum Gasteiger partial charge on any atom is -0.458 e. The summed E-state index contributed by atoms with van der Waals surface area (Å²) >= 11 is 0. The van der Waals surface area contributed by atoms with Gasteiger partial charge in [0.1, 0.15) is 11.7 Å². The van der Waals surface area contributed by atoms with E-state index in [4.69, 9.17) is 14.2 Å². The Morgan fingerprint density at radius 1 is 1.50 bits per heavy atom. The Morgan fingerprint density at radius 3 is 2.88 bits per heavy atom. The molecule has 2 saturated heterocycles. The molecule has 4 rings (SSSR count). The zero-order chi connectivity index (χ0) is 17.2. The van der Waals surface area contributed by atoms with E-state index in [2.05, 4.69) is 19.9 Å². The van der Waals surface area contributed by atoms with Gasteiger partial charge in [-0.25, -0.2) is 4.79 Å². The van der Waals surface area contributed by atoms with E-state index in [1.165, 1.54) is 6.08 Å². The van der Waals surface area contributed by atoms with Crippen molar-refractivity contribution in [1.82, 2.24) is 0 Å². The topological polar surface area (TPSA) is 68.3 Å². The molecule has 2 aliphatic heterocycles. The van der Waals surface area contributed by atoms with Gasteiger partial charge in [-0.2, -0.15) is 0 Å². The molecule has 24 heavy (non-hydrogen) atoms. The third-order valence-electron chi connectivity index (χ3n) is 7.17. The van der Waals surface area contributed by atoms with Crippen LogP contribution in [-0.2, 0) is 19.0 Å². The van der Waals surface area contributed by atoms with Crippen molar-refractivity contribution >= 4 is 5.97 Å². The maximum Gasteiger partial charge on any atom is 0.330 e. The highest BCUT2D eigenvalue weighted by atomic mass is 16.6. The summed E-state index contributed by atoms with van der Waals surface area (Å²) in [6.07, 6.45) is 7.34. The van der Waals surface area contributed by atoms with Crippen molar-refractivity contribution in [2.24, 2.45) is 10.8 Å². The molecular weight excluding hydrogens is 308 g/mol. The molecule has 2 aliphatic carbocycles. The van der Waals surface area contributed by atoms with Crippen molar-refractivity contribution in [2.45, 2.75) is 63.9 Å². The first-order valence-corrected chi connectivity index (χ1v) is 8.84. The second kappa shape index (κ2) is 5.16. The minimum absolute atomic E-state index is 0.0572. The van der Waals surface area contributed by atoms with Crippen LogP contribution in [0.1, 0.15) is 40.0 Å². The summed E-state index contributed by atoms with van der Waals surface area (Å²) in [4.78, 5) is 12.1. The molecule has 1 saturated carbocycles. The van der Waals surface area contributed by atoms with Crippen molar-refractivity contribution in [2.75, 3.05) is 13.2 Å². The first kappa shape index (κ1) is 16.3. The minimum atomic E-state index is -0.330. The van der Waals surface area contributed by atoms with E-state index in [0.29, 0.717) is 13.0 Å². The smallest absolute Gasteiger partial charge is 0.330 e. The van der Waals surface area contributed by atoms with Gasteiger partial charge in [0, 0.05) is 23.3 Å². The van der Waals surface area contributed by atoms with E-state index in [0.717, 1.165) is 18.4 Å². The quantitative estimate of drug-likeness (QED) is 0.371. The van der Waals surface area contributed by atoms with Crippen LogP contribution < -0.4 is 0 Å². The highest BCUT2D eigenvalue weighted by Crippen LogP contribution is 2.71. The molecule has 4 aliphatic rings. The second-order valence-corrected chi connectivity index (χ2v) is 7.99. The number of carbonyl (C=O) groups is 1. The van der Waals surface area contributed by atoms with Crippen LogP contribution >= 0.6 is 0 Å². The lowest BCUT2D eigenvalue weighted by Gasteiger charge is -2.57. The molecule has 2 heterocycles. The van der Waals surface area contributed by atoms with Crippen molar-refractivity contribution in [3.63, 3.8) is 0 Å². The van der Waals surface area contributed by atoms with Crippen LogP contribution in [0.4, 0.5) is 0 Å². The molecule has 0 aromatic rings. The number of allylic oxidation sites excluding steroid dienone is 1. The number of hydrogen-bond donors (Lipinski definition) is 1. The number of carbonyl (C=O) groups excluding carboxylic acids is 1. The highest BCUT2D eigenvalue weighted by Gasteiger charge is 2.81. The Labute approximate surface area is 142 Å². The van der Waals surface area contributed by atoms with Crippen molar-refractivity contribution in [1.29, 1.82) is 0 Å². The molecule has 5 nitrogen and oxygen atoms in total. The van der Waals surface area contributed by atoms with Crippen LogP contribution in [0.25, 0.3) is 0 Å². The van der Waals surface area contributed by atoms with Gasteiger partial charge in [-0.1, -0.05) is 26.0 Å². The van der Waals surface area contributed by atoms with E-state index in [9.17, 15) is 9.90 Å². The molecule has 0 aromatic heterocycles. The van der Waals surface area contributed by atoms with Crippen LogP contribution in [0.2, 0.25) is 0 Å². The lowest BCUT2D eigenvalue weighted by atomic mass is 9.52. The average molecular weight is 334 g/mol. The molecule has 6 unspecified atom stereocenters. The summed E-state index contributed by atoms with van der Waals surface area (Å²) in [5.41, 5.74) is 0.234. The molecule has 1 spiro atoms. The number of epoxide rings is 1. The molecular formula is C19H26O5. The zero-order valence-electron chi connectivity index (χ0n) is 14.6. The number of esters is 1. The van der Waals surface area contributed by atoms with Crippen molar-refractivity contribution < 1.29 is 24.1 Å². The number of aliphatic hydroxyl groups excluding tert-OH is 1. The number of aliphatic hydroxyl groups is 1. The van der Waals surface area contributed by atoms with E-state index < -0.39 is 0 Å². The van der Waals surface area contributed by atoms with Gasteiger partial charge in [0.2, 0.25) is 0 Å². The summed E-state index contributed by atoms with van der Waals surface area (Å²) in [5, 5.41) is 9.50. The van der Waals surface area contributed by atoms with Crippen LogP contribution in [0, 0.1) is 10.8 Å². The largest absolute Gasteiger partial charge is 0.458 e. The Bertz CT molecular complexity index is 619. The fraction of sp³-hybridized carbons (Fsp3) is 0.737. The monoisotopic (exact) mass is 334 g/mol. The Kier molecular flexibility index (Phi) is 3.51. The van der Waals surface area contributed by atoms with Crippen molar-refractivity contribution in [3.8, 4) is 0 Å². The van der Waals surface area contributed by atoms with E-state index in [1.54, 1.807) is 6.08 Å². The maximum absolute atomic E-state index is 12.1. The molecule has 1 N–H and O–H groups in total. The Morgan fingerprint density at radius 2 is 2.25 bits per heavy atom. The van der Waals surface area contributed by atoms with E-state index >= 15 is 0 Å². The molecule has 3 fully saturated rings. The third kappa shape index (κ3) is 1.83. The Balaban J connectivity index is 1.73. The normalized spacial score (nSPS) is 49.2. The van der Waals surface area contributed by atoms with Gasteiger partial charge >= 0.3 is 5.97 Å². The Hall–Kier alpha value is -1.17. The van der Waals surface area contributed by atoms with Crippen LogP contribution in [-0.4, -0.2) is 48.2 Å². The fourth-order valence-electron chi connectivity index (χ4n) is 5.39. The molecule has 6 atom stereocenters. The van der Waals surface area contributed by atoms with Gasteiger partial charge in [0.25, 0.3) is 0 Å². The SMILES string of the molecule is CC=CC(=O)OC1CC2OC3C=C(CO)CCC3(C)C1(C)C21CO1. The summed E-state index contributed by atoms with van der Waals surface area (Å²) in [7, 11) is 0. The molecule has 0 amide bonds. The van der Waals surface area contributed by atoms with Gasteiger partial charge in [0.05, 0.1) is 25.4 Å². The molecule has 0 aromatic carbocycles. The molecule has 5 heteroatoms. The lowest BCUT2D eigenvalue weighted by molar-refractivity contribution is -0.209. The second-order valence-electron chi connectivity index (χ2n) is 7.99. The summed E-state index contributed by atoms with van der Waals surface area (Å²) in [5.74, 6) is -0.297. The first-order chi connectivity index (χ1) is 11.4. The van der Waals surface area contributed by atoms with Gasteiger partial charge < -0.3 is 19.3 Å². The fourth-order valence-corrected chi connectivity index (χ4v) is 5.39. The summed E-state index contributed by atoms with van der Waals surface area (Å²) in [6, 6.07) is 0. The maximum atomic E-state index is 12.1. The number of hydrogen-bond acceptors (Lipinski definition) is 5.